The fourth-order valence-corrected chi connectivity index (χ4v) is 4.80. The minimum absolute atomic E-state index is 0.0618. The number of aliphatic imine (C=N–C) groups is 1. The summed E-state index contributed by atoms with van der Waals surface area (Å²) >= 11 is 0. The van der Waals surface area contributed by atoms with Crippen LogP contribution >= 0.6 is 0 Å². The van der Waals surface area contributed by atoms with Crippen LogP contribution in [0, 0.1) is 5.82 Å². The number of amides is 1. The van der Waals surface area contributed by atoms with Gasteiger partial charge in [-0.1, -0.05) is 72.8 Å². The summed E-state index contributed by atoms with van der Waals surface area (Å²) in [4.78, 5) is 19.1. The van der Waals surface area contributed by atoms with Crippen LogP contribution in [0.2, 0.25) is 0 Å². The van der Waals surface area contributed by atoms with Crippen molar-refractivity contribution >= 4 is 11.8 Å². The van der Waals surface area contributed by atoms with Gasteiger partial charge in [0.1, 0.15) is 11.6 Å². The van der Waals surface area contributed by atoms with E-state index in [1.54, 1.807) is 12.1 Å². The Morgan fingerprint density at radius 3 is 2.34 bits per heavy atom. The number of rotatable bonds is 12. The van der Waals surface area contributed by atoms with Gasteiger partial charge < -0.3 is 14.6 Å². The lowest BCUT2D eigenvalue weighted by atomic mass is 9.82. The number of carbonyl (C=O) groups is 1. The zero-order valence-corrected chi connectivity index (χ0v) is 22.5. The molecule has 3 N–H and O–H groups in total. The van der Waals surface area contributed by atoms with Crippen molar-refractivity contribution in [3.05, 3.63) is 137 Å². The molecule has 0 radical (unpaired) electrons. The fourth-order valence-electron chi connectivity index (χ4n) is 4.80. The zero-order valence-electron chi connectivity index (χ0n) is 22.5. The summed E-state index contributed by atoms with van der Waals surface area (Å²) in [6.45, 7) is 0.703. The highest BCUT2D eigenvalue weighted by molar-refractivity contribution is 6.01. The number of ether oxygens (including phenoxy) is 2. The Labute approximate surface area is 238 Å². The maximum absolute atomic E-state index is 14.1. The molecule has 2 atom stereocenters. The van der Waals surface area contributed by atoms with E-state index in [1.807, 2.05) is 84.9 Å². The number of benzene rings is 4. The van der Waals surface area contributed by atoms with E-state index in [2.05, 4.69) is 10.9 Å². The van der Waals surface area contributed by atoms with Crippen molar-refractivity contribution in [2.45, 2.75) is 31.0 Å². The first-order valence-corrected chi connectivity index (χ1v) is 13.5. The Balaban J connectivity index is 1.48. The average molecular weight is 554 g/mol. The largest absolute Gasteiger partial charge is 0.494 e. The van der Waals surface area contributed by atoms with Crippen molar-refractivity contribution in [1.82, 2.24) is 10.9 Å². The van der Waals surface area contributed by atoms with Gasteiger partial charge in [-0.15, -0.1) is 0 Å². The summed E-state index contributed by atoms with van der Waals surface area (Å²) in [6, 6.07) is 32.8. The third kappa shape index (κ3) is 6.80. The van der Waals surface area contributed by atoms with Crippen LogP contribution in [0.5, 0.6) is 5.75 Å². The van der Waals surface area contributed by atoms with Gasteiger partial charge in [0, 0.05) is 31.6 Å². The van der Waals surface area contributed by atoms with Crippen LogP contribution in [0.3, 0.4) is 0 Å². The maximum Gasteiger partial charge on any atom is 0.266 e. The molecule has 1 aliphatic heterocycles. The number of hydrogen-bond donors (Lipinski definition) is 3. The Bertz CT molecular complexity index is 1470. The molecule has 8 heteroatoms. The minimum atomic E-state index is -1.34. The van der Waals surface area contributed by atoms with Crippen LogP contribution in [-0.2, 0) is 22.5 Å². The summed E-state index contributed by atoms with van der Waals surface area (Å²) in [6.07, 6.45) is 0.114. The first kappa shape index (κ1) is 28.0. The van der Waals surface area contributed by atoms with Gasteiger partial charge >= 0.3 is 0 Å². The Morgan fingerprint density at radius 2 is 1.63 bits per heavy atom. The third-order valence-corrected chi connectivity index (χ3v) is 6.83. The van der Waals surface area contributed by atoms with E-state index in [-0.39, 0.29) is 31.3 Å². The molecule has 41 heavy (non-hydrogen) atoms. The molecule has 1 aliphatic rings. The molecule has 0 saturated carbocycles. The van der Waals surface area contributed by atoms with E-state index in [0.29, 0.717) is 35.8 Å². The van der Waals surface area contributed by atoms with Crippen LogP contribution in [-0.4, -0.2) is 35.7 Å². The highest BCUT2D eigenvalue weighted by Gasteiger charge is 2.53. The first-order chi connectivity index (χ1) is 20.1. The molecule has 7 nitrogen and oxygen atoms in total. The van der Waals surface area contributed by atoms with Gasteiger partial charge in [0.25, 0.3) is 5.91 Å². The molecule has 1 heterocycles. The highest BCUT2D eigenvalue weighted by atomic mass is 19.1. The predicted molar refractivity (Wildman–Crippen MR) is 155 cm³/mol. The Morgan fingerprint density at radius 1 is 0.927 bits per heavy atom. The van der Waals surface area contributed by atoms with Crippen molar-refractivity contribution in [2.24, 2.45) is 4.99 Å². The van der Waals surface area contributed by atoms with Crippen LogP contribution in [0.25, 0.3) is 0 Å². The summed E-state index contributed by atoms with van der Waals surface area (Å²) in [7, 11) is 0. The lowest BCUT2D eigenvalue weighted by molar-refractivity contribution is -0.130. The minimum Gasteiger partial charge on any atom is -0.494 e. The van der Waals surface area contributed by atoms with Crippen LogP contribution in [0.1, 0.15) is 34.8 Å². The monoisotopic (exact) mass is 553 g/mol. The van der Waals surface area contributed by atoms with Gasteiger partial charge in [-0.25, -0.2) is 14.8 Å². The number of hydrogen-bond acceptors (Lipinski definition) is 6. The molecule has 4 aromatic carbocycles. The molecule has 4 aromatic rings. The molecule has 0 unspecified atom stereocenters. The summed E-state index contributed by atoms with van der Waals surface area (Å²) in [5.41, 5.74) is 7.56. The van der Waals surface area contributed by atoms with Crippen molar-refractivity contribution in [3.63, 3.8) is 0 Å². The predicted octanol–water partition coefficient (Wildman–Crippen LogP) is 4.91. The molecule has 0 fully saturated rings. The van der Waals surface area contributed by atoms with Crippen molar-refractivity contribution in [2.75, 3.05) is 13.2 Å². The molecule has 0 aromatic heterocycles. The van der Waals surface area contributed by atoms with Gasteiger partial charge in [-0.05, 0) is 53.1 Å². The van der Waals surface area contributed by atoms with Gasteiger partial charge in [-0.2, -0.15) is 0 Å². The normalized spacial score (nSPS) is 17.9. The number of halogens is 1. The van der Waals surface area contributed by atoms with Crippen molar-refractivity contribution < 1.29 is 23.8 Å². The highest BCUT2D eigenvalue weighted by Crippen LogP contribution is 2.42. The molecule has 0 aliphatic carbocycles. The molecule has 0 saturated heterocycles. The maximum atomic E-state index is 14.1. The summed E-state index contributed by atoms with van der Waals surface area (Å²) < 4.78 is 25.8. The zero-order chi connectivity index (χ0) is 28.5. The number of nitrogens with zero attached hydrogens (tertiary/aromatic N) is 1. The van der Waals surface area contributed by atoms with Crippen molar-refractivity contribution in [1.29, 1.82) is 0 Å². The molecule has 210 valence electrons. The van der Waals surface area contributed by atoms with Crippen LogP contribution in [0.4, 0.5) is 4.39 Å². The molecule has 0 spiro atoms. The standard InChI is InChI=1S/C33H32FN3O4/c34-28-14-7-11-25(21-28)23-35-37-32(39)33(22-24-9-3-1-4-10-24)30(26-12-5-2-6-13-26)41-31(36-33)27-15-17-29(18-16-27)40-20-8-19-38/h1-7,9-18,21,30,35,38H,8,19-20,22-23H2,(H,37,39)/t30-,33-/m0/s1. The van der Waals surface area contributed by atoms with E-state index >= 15 is 0 Å². The van der Waals surface area contributed by atoms with E-state index in [9.17, 15) is 9.18 Å². The van der Waals surface area contributed by atoms with Gasteiger partial charge in [0.15, 0.2) is 11.6 Å². The van der Waals surface area contributed by atoms with Gasteiger partial charge in [0.2, 0.25) is 5.90 Å². The van der Waals surface area contributed by atoms with E-state index < -0.39 is 11.6 Å². The Kier molecular flexibility index (Phi) is 9.03. The molecule has 0 bridgehead atoms. The van der Waals surface area contributed by atoms with Crippen molar-refractivity contribution in [3.8, 4) is 5.75 Å². The Hall–Kier alpha value is -4.53. The lowest BCUT2D eigenvalue weighted by Crippen LogP contribution is -2.53. The first-order valence-electron chi connectivity index (χ1n) is 13.5. The summed E-state index contributed by atoms with van der Waals surface area (Å²) in [5.74, 6) is 0.293. The number of hydrazine groups is 1. The lowest BCUT2D eigenvalue weighted by Gasteiger charge is -2.31. The quantitative estimate of drug-likeness (QED) is 0.171. The second-order valence-corrected chi connectivity index (χ2v) is 9.80. The van der Waals surface area contributed by atoms with E-state index in [4.69, 9.17) is 19.6 Å². The molecular weight excluding hydrogens is 521 g/mol. The molecule has 1 amide bonds. The van der Waals surface area contributed by atoms with E-state index in [1.165, 1.54) is 12.1 Å². The smallest absolute Gasteiger partial charge is 0.266 e. The number of aliphatic hydroxyl groups is 1. The van der Waals surface area contributed by atoms with Gasteiger partial charge in [0.05, 0.1) is 6.61 Å². The van der Waals surface area contributed by atoms with Crippen LogP contribution < -0.4 is 15.6 Å². The number of aliphatic hydroxyl groups excluding tert-OH is 1. The number of nitrogens with one attached hydrogen (secondary N) is 2. The fraction of sp³-hybridized carbons (Fsp3) is 0.212. The summed E-state index contributed by atoms with van der Waals surface area (Å²) in [5, 5.41) is 9.01. The molecule has 5 rings (SSSR count). The van der Waals surface area contributed by atoms with Crippen LogP contribution in [0.15, 0.2) is 114 Å². The second-order valence-electron chi connectivity index (χ2n) is 9.80. The third-order valence-electron chi connectivity index (χ3n) is 6.83. The number of carbonyl (C=O) groups excluding carboxylic acids is 1. The molecular formula is C33H32FN3O4. The average Bonchev–Trinajstić information content (AvgIpc) is 3.39. The SMILES string of the molecule is O=C(NNCc1cccc(F)c1)[C@@]1(Cc2ccccc2)N=C(c2ccc(OCCCO)cc2)O[C@H]1c1ccccc1. The topological polar surface area (TPSA) is 92.2 Å². The second kappa shape index (κ2) is 13.2. The van der Waals surface area contributed by atoms with E-state index in [0.717, 1.165) is 11.1 Å². The van der Waals surface area contributed by atoms with Gasteiger partial charge in [-0.3, -0.25) is 10.2 Å².